The van der Waals surface area contributed by atoms with E-state index in [1.54, 1.807) is 16.0 Å². The number of aryl methyl sites for hydroxylation is 2. The van der Waals surface area contributed by atoms with E-state index in [9.17, 15) is 0 Å². The second-order valence-electron chi connectivity index (χ2n) is 3.32. The van der Waals surface area contributed by atoms with Gasteiger partial charge in [-0.05, 0) is 13.0 Å². The van der Waals surface area contributed by atoms with E-state index in [0.717, 1.165) is 16.3 Å². The third-order valence-corrected chi connectivity index (χ3v) is 3.24. The van der Waals surface area contributed by atoms with E-state index in [-0.39, 0.29) is 6.04 Å². The second-order valence-corrected chi connectivity index (χ2v) is 4.20. The quantitative estimate of drug-likeness (QED) is 0.595. The molecular formula is C9H13N5S. The zero-order valence-corrected chi connectivity index (χ0v) is 9.45. The molecule has 3 N–H and O–H groups in total. The lowest BCUT2D eigenvalue weighted by atomic mass is 10.1. The Labute approximate surface area is 91.9 Å². The van der Waals surface area contributed by atoms with Crippen LogP contribution >= 0.6 is 11.3 Å². The van der Waals surface area contributed by atoms with Crippen LogP contribution in [0.25, 0.3) is 0 Å². The van der Waals surface area contributed by atoms with Crippen molar-refractivity contribution in [1.82, 2.24) is 20.2 Å². The van der Waals surface area contributed by atoms with Crippen molar-refractivity contribution in [3.8, 4) is 0 Å². The van der Waals surface area contributed by atoms with Crippen LogP contribution in [-0.2, 0) is 7.05 Å². The highest BCUT2D eigenvalue weighted by molar-refractivity contribution is 7.09. The number of nitrogens with zero attached hydrogens (tertiary/aromatic N) is 3. The summed E-state index contributed by atoms with van der Waals surface area (Å²) in [7, 11) is 1.89. The molecule has 0 aliphatic rings. The molecule has 80 valence electrons. The molecule has 2 rings (SSSR count). The molecule has 0 fully saturated rings. The summed E-state index contributed by atoms with van der Waals surface area (Å²) in [6.45, 7) is 1.97. The minimum absolute atomic E-state index is 0.0706. The van der Waals surface area contributed by atoms with Crippen molar-refractivity contribution in [2.24, 2.45) is 12.9 Å². The molecule has 0 saturated heterocycles. The molecule has 15 heavy (non-hydrogen) atoms. The summed E-state index contributed by atoms with van der Waals surface area (Å²) in [5.74, 6) is 5.55. The minimum atomic E-state index is -0.0706. The molecule has 5 nitrogen and oxygen atoms in total. The Bertz CT molecular complexity index is 447. The van der Waals surface area contributed by atoms with Crippen molar-refractivity contribution in [3.05, 3.63) is 34.0 Å². The Morgan fingerprint density at radius 2 is 2.40 bits per heavy atom. The topological polar surface area (TPSA) is 68.8 Å². The van der Waals surface area contributed by atoms with Gasteiger partial charge < -0.3 is 0 Å². The van der Waals surface area contributed by atoms with E-state index in [1.165, 1.54) is 0 Å². The van der Waals surface area contributed by atoms with Gasteiger partial charge in [-0.3, -0.25) is 10.5 Å². The third-order valence-electron chi connectivity index (χ3n) is 2.24. The first-order valence-corrected chi connectivity index (χ1v) is 5.46. The molecule has 0 aliphatic carbocycles. The fraction of sp³-hybridized carbons (Fsp3) is 0.333. The fourth-order valence-electron chi connectivity index (χ4n) is 1.47. The van der Waals surface area contributed by atoms with Crippen molar-refractivity contribution < 1.29 is 0 Å². The summed E-state index contributed by atoms with van der Waals surface area (Å²) in [5.41, 5.74) is 6.49. The number of aromatic nitrogens is 3. The normalized spacial score (nSPS) is 13.0. The molecule has 6 heteroatoms. The number of nitrogens with two attached hydrogens (primary N) is 1. The molecule has 2 aromatic rings. The lowest BCUT2D eigenvalue weighted by molar-refractivity contribution is 0.608. The fourth-order valence-corrected chi connectivity index (χ4v) is 2.34. The highest BCUT2D eigenvalue weighted by Crippen LogP contribution is 2.25. The summed E-state index contributed by atoms with van der Waals surface area (Å²) < 4.78 is 1.76. The monoisotopic (exact) mass is 223 g/mol. The van der Waals surface area contributed by atoms with Gasteiger partial charge in [-0.1, -0.05) is 0 Å². The molecule has 1 unspecified atom stereocenters. The molecule has 0 aliphatic heterocycles. The van der Waals surface area contributed by atoms with Crippen LogP contribution in [0.4, 0.5) is 0 Å². The number of hydrazine groups is 1. The third kappa shape index (κ3) is 1.92. The van der Waals surface area contributed by atoms with Gasteiger partial charge in [0, 0.05) is 13.2 Å². The molecule has 1 atom stereocenters. The molecule has 2 aromatic heterocycles. The van der Waals surface area contributed by atoms with Gasteiger partial charge in [-0.25, -0.2) is 10.4 Å². The van der Waals surface area contributed by atoms with Crippen LogP contribution in [0.3, 0.4) is 0 Å². The average molecular weight is 223 g/mol. The van der Waals surface area contributed by atoms with E-state index in [1.807, 2.05) is 31.7 Å². The number of hydrogen-bond acceptors (Lipinski definition) is 5. The Kier molecular flexibility index (Phi) is 2.81. The number of thiazole rings is 1. The molecule has 0 aromatic carbocycles. The minimum Gasteiger partial charge on any atom is -0.275 e. The van der Waals surface area contributed by atoms with Gasteiger partial charge in [0.25, 0.3) is 0 Å². The van der Waals surface area contributed by atoms with E-state index >= 15 is 0 Å². The molecule has 0 radical (unpaired) electrons. The van der Waals surface area contributed by atoms with Gasteiger partial charge in [-0.2, -0.15) is 5.10 Å². The smallest absolute Gasteiger partial charge is 0.101 e. The molecule has 0 saturated carbocycles. The van der Waals surface area contributed by atoms with Gasteiger partial charge in [0.15, 0.2) is 0 Å². The van der Waals surface area contributed by atoms with E-state index in [2.05, 4.69) is 15.5 Å². The molecule has 0 amide bonds. The Balaban J connectivity index is 2.36. The standard InChI is InChI=1S/C9H13N5S/c1-6-9(15-5-11-6)8(12-10)7-3-4-14(2)13-7/h3-5,8,12H,10H2,1-2H3. The second kappa shape index (κ2) is 4.09. The zero-order valence-electron chi connectivity index (χ0n) is 8.64. The zero-order chi connectivity index (χ0) is 10.8. The highest BCUT2D eigenvalue weighted by atomic mass is 32.1. The van der Waals surface area contributed by atoms with Crippen LogP contribution in [0.1, 0.15) is 22.3 Å². The lowest BCUT2D eigenvalue weighted by Crippen LogP contribution is -2.29. The summed E-state index contributed by atoms with van der Waals surface area (Å²) in [6, 6.07) is 1.88. The van der Waals surface area contributed by atoms with Crippen molar-refractivity contribution in [3.63, 3.8) is 0 Å². The van der Waals surface area contributed by atoms with Gasteiger partial charge in [0.2, 0.25) is 0 Å². The first-order valence-electron chi connectivity index (χ1n) is 4.58. The van der Waals surface area contributed by atoms with Crippen molar-refractivity contribution >= 4 is 11.3 Å². The molecule has 0 spiro atoms. The van der Waals surface area contributed by atoms with Crippen LogP contribution in [0.15, 0.2) is 17.8 Å². The average Bonchev–Trinajstić information content (AvgIpc) is 2.79. The lowest BCUT2D eigenvalue weighted by Gasteiger charge is -2.11. The van der Waals surface area contributed by atoms with Crippen molar-refractivity contribution in [2.45, 2.75) is 13.0 Å². The van der Waals surface area contributed by atoms with E-state index in [4.69, 9.17) is 5.84 Å². The predicted molar refractivity (Wildman–Crippen MR) is 59.2 cm³/mol. The Hall–Kier alpha value is -1.24. The van der Waals surface area contributed by atoms with Crippen LogP contribution < -0.4 is 11.3 Å². The molecule has 2 heterocycles. The SMILES string of the molecule is Cc1ncsc1C(NN)c1ccn(C)n1. The van der Waals surface area contributed by atoms with E-state index < -0.39 is 0 Å². The van der Waals surface area contributed by atoms with Crippen LogP contribution in [0.2, 0.25) is 0 Å². The van der Waals surface area contributed by atoms with Gasteiger partial charge in [0.05, 0.1) is 21.8 Å². The summed E-state index contributed by atoms with van der Waals surface area (Å²) >= 11 is 1.58. The first kappa shape index (κ1) is 10.3. The number of nitrogens with one attached hydrogen (secondary N) is 1. The summed E-state index contributed by atoms with van der Waals surface area (Å²) in [6.07, 6.45) is 1.90. The molecular weight excluding hydrogens is 210 g/mol. The van der Waals surface area contributed by atoms with Crippen LogP contribution in [0.5, 0.6) is 0 Å². The summed E-state index contributed by atoms with van der Waals surface area (Å²) in [5, 5.41) is 4.33. The van der Waals surface area contributed by atoms with Gasteiger partial charge >= 0.3 is 0 Å². The van der Waals surface area contributed by atoms with Gasteiger partial charge in [-0.15, -0.1) is 11.3 Å². The van der Waals surface area contributed by atoms with Gasteiger partial charge in [0.1, 0.15) is 6.04 Å². The maximum absolute atomic E-state index is 5.55. The van der Waals surface area contributed by atoms with Crippen LogP contribution in [-0.4, -0.2) is 14.8 Å². The van der Waals surface area contributed by atoms with Crippen molar-refractivity contribution in [2.75, 3.05) is 0 Å². The number of rotatable bonds is 3. The Morgan fingerprint density at radius 3 is 2.87 bits per heavy atom. The summed E-state index contributed by atoms with van der Waals surface area (Å²) in [4.78, 5) is 5.31. The van der Waals surface area contributed by atoms with Crippen molar-refractivity contribution in [1.29, 1.82) is 0 Å². The predicted octanol–water partition coefficient (Wildman–Crippen LogP) is 0.738. The maximum Gasteiger partial charge on any atom is 0.101 e. The maximum atomic E-state index is 5.55. The Morgan fingerprint density at radius 1 is 1.60 bits per heavy atom. The van der Waals surface area contributed by atoms with E-state index in [0.29, 0.717) is 0 Å². The number of hydrogen-bond donors (Lipinski definition) is 2. The largest absolute Gasteiger partial charge is 0.275 e. The highest BCUT2D eigenvalue weighted by Gasteiger charge is 2.18. The van der Waals surface area contributed by atoms with Crippen LogP contribution in [0, 0.1) is 6.92 Å². The first-order chi connectivity index (χ1) is 7.22. The molecule has 0 bridgehead atoms.